The maximum Gasteiger partial charge on any atom is 0.350 e. The number of methoxy groups -OCH3 is 1. The van der Waals surface area contributed by atoms with Gasteiger partial charge in [0.1, 0.15) is 4.88 Å². The number of amides is 2. The van der Waals surface area contributed by atoms with E-state index in [1.54, 1.807) is 16.3 Å². The van der Waals surface area contributed by atoms with E-state index >= 15 is 0 Å². The summed E-state index contributed by atoms with van der Waals surface area (Å²) in [6, 6.07) is 11.4. The molecule has 1 aliphatic rings. The molecule has 1 N–H and O–H groups in total. The third kappa shape index (κ3) is 4.51. The van der Waals surface area contributed by atoms with Crippen molar-refractivity contribution in [3.8, 4) is 0 Å². The van der Waals surface area contributed by atoms with Gasteiger partial charge in [0.05, 0.1) is 19.2 Å². The Kier molecular flexibility index (Phi) is 6.08. The van der Waals surface area contributed by atoms with Crippen LogP contribution in [-0.2, 0) is 17.6 Å². The molecule has 3 aromatic rings. The van der Waals surface area contributed by atoms with Crippen LogP contribution in [0.15, 0.2) is 46.3 Å². The second-order valence-corrected chi connectivity index (χ2v) is 7.96. The molecule has 9 heteroatoms. The molecule has 3 heterocycles. The highest BCUT2D eigenvalue weighted by atomic mass is 32.1. The third-order valence-corrected chi connectivity index (χ3v) is 5.94. The standard InChI is InChI=1S/C21H22N4O4S/c1-28-20(26)19-16(9-11-30-19)22-21(27)25-10-5-8-15(25)13-17-23-18(29-24-17)12-14-6-3-2-4-7-14/h2-4,6-7,9,11,15H,5,8,10,12-13H2,1H3,(H,22,27). The number of benzene rings is 1. The van der Waals surface area contributed by atoms with Crippen LogP contribution in [0.1, 0.15) is 39.8 Å². The van der Waals surface area contributed by atoms with E-state index in [1.165, 1.54) is 18.4 Å². The molecule has 30 heavy (non-hydrogen) atoms. The molecule has 1 unspecified atom stereocenters. The fourth-order valence-electron chi connectivity index (χ4n) is 3.59. The van der Waals surface area contributed by atoms with Crippen molar-refractivity contribution in [2.45, 2.75) is 31.7 Å². The van der Waals surface area contributed by atoms with Crippen molar-refractivity contribution in [1.82, 2.24) is 15.0 Å². The van der Waals surface area contributed by atoms with Crippen LogP contribution in [0.3, 0.4) is 0 Å². The van der Waals surface area contributed by atoms with Crippen LogP contribution in [0, 0.1) is 0 Å². The first-order valence-corrected chi connectivity index (χ1v) is 10.6. The van der Waals surface area contributed by atoms with Gasteiger partial charge in [-0.2, -0.15) is 4.98 Å². The van der Waals surface area contributed by atoms with Gasteiger partial charge in [-0.25, -0.2) is 9.59 Å². The van der Waals surface area contributed by atoms with Crippen molar-refractivity contribution in [3.63, 3.8) is 0 Å². The van der Waals surface area contributed by atoms with Crippen molar-refractivity contribution in [1.29, 1.82) is 0 Å². The zero-order valence-corrected chi connectivity index (χ0v) is 17.4. The Morgan fingerprint density at radius 1 is 1.30 bits per heavy atom. The fraction of sp³-hybridized carbons (Fsp3) is 0.333. The number of rotatable bonds is 6. The summed E-state index contributed by atoms with van der Waals surface area (Å²) in [5.74, 6) is 0.693. The zero-order valence-electron chi connectivity index (χ0n) is 16.5. The average molecular weight is 426 g/mol. The molecule has 2 aromatic heterocycles. The first-order valence-electron chi connectivity index (χ1n) is 9.73. The van der Waals surface area contributed by atoms with Crippen LogP contribution in [0.2, 0.25) is 0 Å². The highest BCUT2D eigenvalue weighted by Gasteiger charge is 2.31. The number of nitrogens with one attached hydrogen (secondary N) is 1. The Hall–Kier alpha value is -3.20. The number of likely N-dealkylation sites (tertiary alicyclic amines) is 1. The van der Waals surface area contributed by atoms with E-state index in [1.807, 2.05) is 30.3 Å². The molecule has 2 amide bonds. The minimum Gasteiger partial charge on any atom is -0.465 e. The molecular weight excluding hydrogens is 404 g/mol. The number of anilines is 1. The Labute approximate surface area is 177 Å². The molecule has 1 saturated heterocycles. The molecule has 4 rings (SSSR count). The van der Waals surface area contributed by atoms with Gasteiger partial charge in [0.15, 0.2) is 5.82 Å². The number of hydrogen-bond acceptors (Lipinski definition) is 7. The van der Waals surface area contributed by atoms with Crippen LogP contribution in [0.4, 0.5) is 10.5 Å². The lowest BCUT2D eigenvalue weighted by Gasteiger charge is -2.24. The number of carbonyl (C=O) groups excluding carboxylic acids is 2. The second kappa shape index (κ2) is 9.08. The van der Waals surface area contributed by atoms with E-state index in [0.717, 1.165) is 18.4 Å². The first-order chi connectivity index (χ1) is 14.6. The quantitative estimate of drug-likeness (QED) is 0.603. The van der Waals surface area contributed by atoms with Gasteiger partial charge in [0.2, 0.25) is 5.89 Å². The normalized spacial score (nSPS) is 15.9. The number of ether oxygens (including phenoxy) is 1. The average Bonchev–Trinajstić information content (AvgIpc) is 3.50. The van der Waals surface area contributed by atoms with Crippen LogP contribution < -0.4 is 5.32 Å². The fourth-order valence-corrected chi connectivity index (χ4v) is 4.35. The van der Waals surface area contributed by atoms with Crippen molar-refractivity contribution in [2.75, 3.05) is 19.0 Å². The number of carbonyl (C=O) groups is 2. The number of thiophene rings is 1. The van der Waals surface area contributed by atoms with Gasteiger partial charge in [-0.15, -0.1) is 11.3 Å². The lowest BCUT2D eigenvalue weighted by molar-refractivity contribution is 0.0607. The Balaban J connectivity index is 1.39. The van der Waals surface area contributed by atoms with Crippen LogP contribution >= 0.6 is 11.3 Å². The molecule has 8 nitrogen and oxygen atoms in total. The van der Waals surface area contributed by atoms with Gasteiger partial charge in [0, 0.05) is 19.0 Å². The van der Waals surface area contributed by atoms with Crippen molar-refractivity contribution in [3.05, 3.63) is 63.9 Å². The third-order valence-electron chi connectivity index (χ3n) is 5.04. The number of aromatic nitrogens is 2. The predicted molar refractivity (Wildman–Crippen MR) is 112 cm³/mol. The summed E-state index contributed by atoms with van der Waals surface area (Å²) >= 11 is 1.23. The van der Waals surface area contributed by atoms with Gasteiger partial charge < -0.3 is 19.5 Å². The Morgan fingerprint density at radius 2 is 2.13 bits per heavy atom. The molecule has 1 aromatic carbocycles. The molecule has 156 valence electrons. The molecule has 0 spiro atoms. The summed E-state index contributed by atoms with van der Waals surface area (Å²) in [4.78, 5) is 31.3. The molecule has 1 fully saturated rings. The van der Waals surface area contributed by atoms with Gasteiger partial charge in [-0.05, 0) is 29.9 Å². The summed E-state index contributed by atoms with van der Waals surface area (Å²) in [5, 5.41) is 8.67. The zero-order chi connectivity index (χ0) is 20.9. The molecule has 0 bridgehead atoms. The van der Waals surface area contributed by atoms with Crippen molar-refractivity contribution in [2.24, 2.45) is 0 Å². The van der Waals surface area contributed by atoms with Gasteiger partial charge in [0.25, 0.3) is 0 Å². The second-order valence-electron chi connectivity index (χ2n) is 7.05. The van der Waals surface area contributed by atoms with Crippen molar-refractivity contribution < 1.29 is 18.8 Å². The molecule has 0 radical (unpaired) electrons. The Bertz CT molecular complexity index is 1020. The van der Waals surface area contributed by atoms with Crippen molar-refractivity contribution >= 4 is 29.0 Å². The summed E-state index contributed by atoms with van der Waals surface area (Å²) in [7, 11) is 1.32. The number of nitrogens with zero attached hydrogens (tertiary/aromatic N) is 3. The molecule has 1 aliphatic heterocycles. The highest BCUT2D eigenvalue weighted by Crippen LogP contribution is 2.26. The number of urea groups is 1. The SMILES string of the molecule is COC(=O)c1sccc1NC(=O)N1CCCC1Cc1noc(Cc2ccccc2)n1. The van der Waals surface area contributed by atoms with Crippen LogP contribution in [0.25, 0.3) is 0 Å². The first kappa shape index (κ1) is 20.1. The summed E-state index contributed by atoms with van der Waals surface area (Å²) in [6.07, 6.45) is 2.88. The molecule has 1 atom stereocenters. The maximum absolute atomic E-state index is 12.8. The number of hydrogen-bond donors (Lipinski definition) is 1. The maximum atomic E-state index is 12.8. The minimum absolute atomic E-state index is 0.0209. The monoisotopic (exact) mass is 426 g/mol. The van der Waals surface area contributed by atoms with Crippen LogP contribution in [0.5, 0.6) is 0 Å². The van der Waals surface area contributed by atoms with Gasteiger partial charge in [-0.1, -0.05) is 35.5 Å². The lowest BCUT2D eigenvalue weighted by Crippen LogP contribution is -2.40. The lowest BCUT2D eigenvalue weighted by atomic mass is 10.1. The Morgan fingerprint density at radius 3 is 2.93 bits per heavy atom. The molecule has 0 saturated carbocycles. The predicted octanol–water partition coefficient (Wildman–Crippen LogP) is 3.75. The van der Waals surface area contributed by atoms with Gasteiger partial charge >= 0.3 is 12.0 Å². The van der Waals surface area contributed by atoms with E-state index in [4.69, 9.17) is 9.26 Å². The van der Waals surface area contributed by atoms with E-state index in [-0.39, 0.29) is 12.1 Å². The van der Waals surface area contributed by atoms with E-state index in [2.05, 4.69) is 15.5 Å². The van der Waals surface area contributed by atoms with E-state index in [9.17, 15) is 9.59 Å². The topological polar surface area (TPSA) is 97.6 Å². The van der Waals surface area contributed by atoms with E-state index < -0.39 is 5.97 Å². The smallest absolute Gasteiger partial charge is 0.350 e. The summed E-state index contributed by atoms with van der Waals surface area (Å²) in [5.41, 5.74) is 1.57. The molecule has 0 aliphatic carbocycles. The largest absolute Gasteiger partial charge is 0.465 e. The summed E-state index contributed by atoms with van der Waals surface area (Å²) < 4.78 is 10.2. The highest BCUT2D eigenvalue weighted by molar-refractivity contribution is 7.12. The number of esters is 1. The molecular formula is C21H22N4O4S. The summed E-state index contributed by atoms with van der Waals surface area (Å²) in [6.45, 7) is 0.642. The van der Waals surface area contributed by atoms with Crippen LogP contribution in [-0.4, -0.2) is 46.7 Å². The van der Waals surface area contributed by atoms with E-state index in [0.29, 0.717) is 41.7 Å². The minimum atomic E-state index is -0.462. The van der Waals surface area contributed by atoms with Gasteiger partial charge in [-0.3, -0.25) is 0 Å².